The first-order valence-corrected chi connectivity index (χ1v) is 7.23. The number of methoxy groups -OCH3 is 2. The van der Waals surface area contributed by atoms with E-state index >= 15 is 0 Å². The number of benzene rings is 2. The quantitative estimate of drug-likeness (QED) is 0.832. The number of carbonyl (C=O) groups excluding carboxylic acids is 2. The van der Waals surface area contributed by atoms with E-state index in [2.05, 4.69) is 10.1 Å². The minimum Gasteiger partial charge on any atom is -0.497 e. The fourth-order valence-corrected chi connectivity index (χ4v) is 2.11. The van der Waals surface area contributed by atoms with E-state index in [9.17, 15) is 9.59 Å². The molecule has 0 spiro atoms. The van der Waals surface area contributed by atoms with E-state index in [4.69, 9.17) is 4.74 Å². The Morgan fingerprint density at radius 1 is 1.00 bits per heavy atom. The predicted octanol–water partition coefficient (Wildman–Crippen LogP) is 2.45. The summed E-state index contributed by atoms with van der Waals surface area (Å²) in [6.45, 7) is 0.508. The molecule has 1 amide bonds. The fraction of sp³-hybridized carbons (Fsp3) is 0.222. The molecule has 0 saturated carbocycles. The van der Waals surface area contributed by atoms with Gasteiger partial charge >= 0.3 is 5.97 Å². The molecule has 1 N–H and O–H groups in total. The highest BCUT2D eigenvalue weighted by Crippen LogP contribution is 2.12. The topological polar surface area (TPSA) is 64.6 Å². The standard InChI is InChI=1S/C18H19NO4/c1-22-16-5-3-4-15(12-16)17(20)19-11-10-13-6-8-14(9-7-13)18(21)23-2/h3-9,12H,10-11H2,1-2H3,(H,19,20). The summed E-state index contributed by atoms with van der Waals surface area (Å²) in [6, 6.07) is 14.1. The molecule has 2 aromatic rings. The van der Waals surface area contributed by atoms with Gasteiger partial charge in [0, 0.05) is 12.1 Å². The molecule has 0 bridgehead atoms. The summed E-state index contributed by atoms with van der Waals surface area (Å²) in [5.74, 6) is 0.147. The number of nitrogens with one attached hydrogen (secondary N) is 1. The third-order valence-corrected chi connectivity index (χ3v) is 3.41. The number of hydrogen-bond acceptors (Lipinski definition) is 4. The van der Waals surface area contributed by atoms with Crippen LogP contribution in [0.5, 0.6) is 5.75 Å². The van der Waals surface area contributed by atoms with Crippen molar-refractivity contribution >= 4 is 11.9 Å². The summed E-state index contributed by atoms with van der Waals surface area (Å²) in [4.78, 5) is 23.4. The fourth-order valence-electron chi connectivity index (χ4n) is 2.11. The van der Waals surface area contributed by atoms with Crippen molar-refractivity contribution in [3.05, 3.63) is 65.2 Å². The lowest BCUT2D eigenvalue weighted by molar-refractivity contribution is 0.0600. The second kappa shape index (κ2) is 7.98. The number of ether oxygens (including phenoxy) is 2. The van der Waals surface area contributed by atoms with Crippen LogP contribution in [0.25, 0.3) is 0 Å². The molecule has 120 valence electrons. The van der Waals surface area contributed by atoms with Gasteiger partial charge in [0.15, 0.2) is 0 Å². The Hall–Kier alpha value is -2.82. The van der Waals surface area contributed by atoms with Crippen LogP contribution < -0.4 is 10.1 Å². The molecule has 0 aromatic heterocycles. The molecule has 0 unspecified atom stereocenters. The van der Waals surface area contributed by atoms with Gasteiger partial charge in [-0.05, 0) is 42.3 Å². The zero-order valence-corrected chi connectivity index (χ0v) is 13.2. The van der Waals surface area contributed by atoms with Crippen LogP contribution in [0.1, 0.15) is 26.3 Å². The average molecular weight is 313 g/mol. The lowest BCUT2D eigenvalue weighted by Gasteiger charge is -2.07. The monoisotopic (exact) mass is 313 g/mol. The zero-order chi connectivity index (χ0) is 16.7. The van der Waals surface area contributed by atoms with Crippen molar-refractivity contribution < 1.29 is 19.1 Å². The van der Waals surface area contributed by atoms with Crippen molar-refractivity contribution in [2.24, 2.45) is 0 Å². The van der Waals surface area contributed by atoms with E-state index in [0.29, 0.717) is 29.8 Å². The molecule has 0 saturated heterocycles. The van der Waals surface area contributed by atoms with Gasteiger partial charge in [0.25, 0.3) is 5.91 Å². The minimum atomic E-state index is -0.358. The van der Waals surface area contributed by atoms with E-state index in [1.165, 1.54) is 7.11 Å². The molecular weight excluding hydrogens is 294 g/mol. The van der Waals surface area contributed by atoms with Crippen LogP contribution in [0.2, 0.25) is 0 Å². The minimum absolute atomic E-state index is 0.143. The Morgan fingerprint density at radius 2 is 1.74 bits per heavy atom. The maximum absolute atomic E-state index is 12.1. The van der Waals surface area contributed by atoms with Crippen molar-refractivity contribution in [3.63, 3.8) is 0 Å². The van der Waals surface area contributed by atoms with E-state index in [-0.39, 0.29) is 11.9 Å². The van der Waals surface area contributed by atoms with Crippen molar-refractivity contribution in [1.82, 2.24) is 5.32 Å². The molecule has 0 aliphatic carbocycles. The van der Waals surface area contributed by atoms with Crippen molar-refractivity contribution in [3.8, 4) is 5.75 Å². The summed E-state index contributed by atoms with van der Waals surface area (Å²) in [6.07, 6.45) is 0.678. The molecule has 0 heterocycles. The molecule has 0 atom stereocenters. The van der Waals surface area contributed by atoms with Crippen LogP contribution in [0.15, 0.2) is 48.5 Å². The van der Waals surface area contributed by atoms with Crippen LogP contribution in [-0.2, 0) is 11.2 Å². The molecule has 0 radical (unpaired) electrons. The van der Waals surface area contributed by atoms with E-state index < -0.39 is 0 Å². The number of amides is 1. The molecule has 23 heavy (non-hydrogen) atoms. The highest BCUT2D eigenvalue weighted by atomic mass is 16.5. The Balaban J connectivity index is 1.86. The van der Waals surface area contributed by atoms with Gasteiger partial charge in [-0.25, -0.2) is 4.79 Å². The molecular formula is C18H19NO4. The van der Waals surface area contributed by atoms with Gasteiger partial charge in [0.05, 0.1) is 19.8 Å². The summed E-state index contributed by atoms with van der Waals surface area (Å²) < 4.78 is 9.75. The largest absolute Gasteiger partial charge is 0.497 e. The lowest BCUT2D eigenvalue weighted by Crippen LogP contribution is -2.25. The summed E-state index contributed by atoms with van der Waals surface area (Å²) in [7, 11) is 2.92. The van der Waals surface area contributed by atoms with E-state index in [1.807, 2.05) is 12.1 Å². The Bertz CT molecular complexity index is 680. The Morgan fingerprint density at radius 3 is 2.39 bits per heavy atom. The molecule has 0 fully saturated rings. The van der Waals surface area contributed by atoms with E-state index in [1.54, 1.807) is 43.5 Å². The molecule has 2 rings (SSSR count). The van der Waals surface area contributed by atoms with Gasteiger partial charge in [-0.15, -0.1) is 0 Å². The lowest BCUT2D eigenvalue weighted by atomic mass is 10.1. The zero-order valence-electron chi connectivity index (χ0n) is 13.2. The summed E-state index contributed by atoms with van der Waals surface area (Å²) >= 11 is 0. The average Bonchev–Trinajstić information content (AvgIpc) is 2.61. The van der Waals surface area contributed by atoms with Crippen molar-refractivity contribution in [2.75, 3.05) is 20.8 Å². The van der Waals surface area contributed by atoms with E-state index in [0.717, 1.165) is 5.56 Å². The van der Waals surface area contributed by atoms with Gasteiger partial charge < -0.3 is 14.8 Å². The number of esters is 1. The maximum atomic E-state index is 12.1. The van der Waals surface area contributed by atoms with Gasteiger partial charge in [0.1, 0.15) is 5.75 Å². The van der Waals surface area contributed by atoms with Crippen LogP contribution in [0, 0.1) is 0 Å². The first-order valence-electron chi connectivity index (χ1n) is 7.23. The number of rotatable bonds is 6. The Labute approximate surface area is 135 Å². The summed E-state index contributed by atoms with van der Waals surface area (Å²) in [5, 5.41) is 2.86. The molecule has 2 aromatic carbocycles. The first-order chi connectivity index (χ1) is 11.1. The molecule has 5 heteroatoms. The second-order valence-corrected chi connectivity index (χ2v) is 4.93. The maximum Gasteiger partial charge on any atom is 0.337 e. The van der Waals surface area contributed by atoms with Gasteiger partial charge in [-0.1, -0.05) is 18.2 Å². The first kappa shape index (κ1) is 16.5. The molecule has 0 aliphatic heterocycles. The summed E-state index contributed by atoms with van der Waals surface area (Å²) in [5.41, 5.74) is 2.10. The van der Waals surface area contributed by atoms with Gasteiger partial charge in [-0.3, -0.25) is 4.79 Å². The molecule has 5 nitrogen and oxygen atoms in total. The molecule has 0 aliphatic rings. The van der Waals surface area contributed by atoms with Gasteiger partial charge in [0.2, 0.25) is 0 Å². The second-order valence-electron chi connectivity index (χ2n) is 4.93. The normalized spacial score (nSPS) is 10.0. The third-order valence-electron chi connectivity index (χ3n) is 3.41. The third kappa shape index (κ3) is 4.57. The predicted molar refractivity (Wildman–Crippen MR) is 86.8 cm³/mol. The SMILES string of the molecule is COC(=O)c1ccc(CCNC(=O)c2cccc(OC)c2)cc1. The van der Waals surface area contributed by atoms with Crippen molar-refractivity contribution in [2.45, 2.75) is 6.42 Å². The van der Waals surface area contributed by atoms with Gasteiger partial charge in [-0.2, -0.15) is 0 Å². The van der Waals surface area contributed by atoms with Crippen LogP contribution >= 0.6 is 0 Å². The highest BCUT2D eigenvalue weighted by Gasteiger charge is 2.07. The van der Waals surface area contributed by atoms with Crippen LogP contribution in [0.4, 0.5) is 0 Å². The number of hydrogen-bond donors (Lipinski definition) is 1. The number of carbonyl (C=O) groups is 2. The van der Waals surface area contributed by atoms with Crippen molar-refractivity contribution in [1.29, 1.82) is 0 Å². The van der Waals surface area contributed by atoms with Crippen LogP contribution in [0.3, 0.4) is 0 Å². The smallest absolute Gasteiger partial charge is 0.337 e. The van der Waals surface area contributed by atoms with Crippen LogP contribution in [-0.4, -0.2) is 32.6 Å². The Kier molecular flexibility index (Phi) is 5.74. The highest BCUT2D eigenvalue weighted by molar-refractivity contribution is 5.94.